The van der Waals surface area contributed by atoms with E-state index in [1.807, 2.05) is 6.07 Å². The summed E-state index contributed by atoms with van der Waals surface area (Å²) >= 11 is 1.75. The van der Waals surface area contributed by atoms with Crippen LogP contribution in [0.5, 0.6) is 0 Å². The molecule has 0 atom stereocenters. The first-order valence-corrected chi connectivity index (χ1v) is 12.8. The summed E-state index contributed by atoms with van der Waals surface area (Å²) < 4.78 is 4.78. The second kappa shape index (κ2) is 11.1. The van der Waals surface area contributed by atoms with Crippen LogP contribution in [0.4, 0.5) is 17.1 Å². The molecule has 0 amide bonds. The number of anilines is 3. The van der Waals surface area contributed by atoms with Crippen molar-refractivity contribution in [1.29, 1.82) is 0 Å². The van der Waals surface area contributed by atoms with Crippen LogP contribution in [0.15, 0.2) is 121 Å². The molecule has 0 N–H and O–H groups in total. The van der Waals surface area contributed by atoms with Gasteiger partial charge in [-0.2, -0.15) is 0 Å². The first-order valence-electron chi connectivity index (χ1n) is 12.0. The summed E-state index contributed by atoms with van der Waals surface area (Å²) in [6, 6.07) is 40.4. The molecular formula is C32H27NO2S. The third-order valence-corrected chi connectivity index (χ3v) is 7.12. The van der Waals surface area contributed by atoms with Gasteiger partial charge in [0.15, 0.2) is 0 Å². The minimum atomic E-state index is -0.190. The lowest BCUT2D eigenvalue weighted by molar-refractivity contribution is -0.140. The highest BCUT2D eigenvalue weighted by atomic mass is 32.1. The Labute approximate surface area is 216 Å². The molecule has 0 aliphatic heterocycles. The molecular weight excluding hydrogens is 462 g/mol. The maximum Gasteiger partial charge on any atom is 0.305 e. The average Bonchev–Trinajstić information content (AvgIpc) is 3.49. The molecule has 4 aromatic carbocycles. The first-order chi connectivity index (χ1) is 17.7. The SMILES string of the molecule is COC(=O)CCc1ccc(N(c2ccc(-c3ccccc3)cc2)c2ccc(-c3cccs3)cc2)cc1. The van der Waals surface area contributed by atoms with Crippen molar-refractivity contribution >= 4 is 34.4 Å². The quantitative estimate of drug-likeness (QED) is 0.204. The van der Waals surface area contributed by atoms with E-state index in [1.165, 1.54) is 28.7 Å². The third kappa shape index (κ3) is 5.40. The normalized spacial score (nSPS) is 10.7. The van der Waals surface area contributed by atoms with Crippen LogP contribution in [0.1, 0.15) is 12.0 Å². The van der Waals surface area contributed by atoms with Crippen LogP contribution in [0.2, 0.25) is 0 Å². The van der Waals surface area contributed by atoms with Crippen LogP contribution in [0.3, 0.4) is 0 Å². The lowest BCUT2D eigenvalue weighted by atomic mass is 10.0. The maximum atomic E-state index is 11.5. The van der Waals surface area contributed by atoms with Crippen LogP contribution in [0.25, 0.3) is 21.6 Å². The van der Waals surface area contributed by atoms with Gasteiger partial charge in [0.05, 0.1) is 7.11 Å². The van der Waals surface area contributed by atoms with Crippen LogP contribution in [0, 0.1) is 0 Å². The number of thiophene rings is 1. The fourth-order valence-corrected chi connectivity index (χ4v) is 4.99. The summed E-state index contributed by atoms with van der Waals surface area (Å²) in [6.07, 6.45) is 1.04. The van der Waals surface area contributed by atoms with Crippen LogP contribution in [-0.4, -0.2) is 13.1 Å². The molecule has 0 radical (unpaired) electrons. The molecule has 0 fully saturated rings. The zero-order valence-corrected chi connectivity index (χ0v) is 20.9. The molecule has 1 aromatic heterocycles. The summed E-state index contributed by atoms with van der Waals surface area (Å²) in [5.41, 5.74) is 7.94. The van der Waals surface area contributed by atoms with Crippen molar-refractivity contribution in [3.8, 4) is 21.6 Å². The van der Waals surface area contributed by atoms with Crippen molar-refractivity contribution in [2.45, 2.75) is 12.8 Å². The Bertz CT molecular complexity index is 1390. The Morgan fingerprint density at radius 3 is 1.78 bits per heavy atom. The van der Waals surface area contributed by atoms with Gasteiger partial charge in [0.1, 0.15) is 0 Å². The van der Waals surface area contributed by atoms with E-state index in [-0.39, 0.29) is 5.97 Å². The topological polar surface area (TPSA) is 29.5 Å². The van der Waals surface area contributed by atoms with Gasteiger partial charge in [0.2, 0.25) is 0 Å². The Hall–Kier alpha value is -4.15. The molecule has 5 rings (SSSR count). The fraction of sp³-hybridized carbons (Fsp3) is 0.0938. The monoisotopic (exact) mass is 489 g/mol. The Balaban J connectivity index is 1.47. The number of ether oxygens (including phenoxy) is 1. The molecule has 0 saturated carbocycles. The summed E-state index contributed by atoms with van der Waals surface area (Å²) in [5.74, 6) is -0.190. The first kappa shape index (κ1) is 23.6. The zero-order valence-electron chi connectivity index (χ0n) is 20.1. The highest BCUT2D eigenvalue weighted by Crippen LogP contribution is 2.37. The van der Waals surface area contributed by atoms with E-state index in [4.69, 9.17) is 4.74 Å². The van der Waals surface area contributed by atoms with Crippen molar-refractivity contribution < 1.29 is 9.53 Å². The van der Waals surface area contributed by atoms with Crippen LogP contribution in [-0.2, 0) is 16.0 Å². The molecule has 36 heavy (non-hydrogen) atoms. The number of benzene rings is 4. The second-order valence-electron chi connectivity index (χ2n) is 8.52. The number of aryl methyl sites for hydroxylation is 1. The molecule has 5 aromatic rings. The van der Waals surface area contributed by atoms with Gasteiger partial charge in [0, 0.05) is 28.4 Å². The fourth-order valence-electron chi connectivity index (χ4n) is 4.26. The summed E-state index contributed by atoms with van der Waals surface area (Å²) in [7, 11) is 1.43. The van der Waals surface area contributed by atoms with Gasteiger partial charge in [-0.25, -0.2) is 0 Å². The van der Waals surface area contributed by atoms with Gasteiger partial charge in [0.25, 0.3) is 0 Å². The molecule has 0 aliphatic carbocycles. The minimum Gasteiger partial charge on any atom is -0.469 e. The van der Waals surface area contributed by atoms with Gasteiger partial charge in [-0.1, -0.05) is 72.8 Å². The third-order valence-electron chi connectivity index (χ3n) is 6.20. The number of hydrogen-bond donors (Lipinski definition) is 0. The van der Waals surface area contributed by atoms with Gasteiger partial charge in [-0.15, -0.1) is 11.3 Å². The number of methoxy groups -OCH3 is 1. The van der Waals surface area contributed by atoms with E-state index in [2.05, 4.69) is 119 Å². The maximum absolute atomic E-state index is 11.5. The summed E-state index contributed by atoms with van der Waals surface area (Å²) in [5, 5.41) is 2.10. The molecule has 0 unspecified atom stereocenters. The lowest BCUT2D eigenvalue weighted by Crippen LogP contribution is -2.10. The summed E-state index contributed by atoms with van der Waals surface area (Å²) in [4.78, 5) is 15.1. The molecule has 3 nitrogen and oxygen atoms in total. The number of hydrogen-bond acceptors (Lipinski definition) is 4. The highest BCUT2D eigenvalue weighted by Gasteiger charge is 2.14. The molecule has 1 heterocycles. The average molecular weight is 490 g/mol. The largest absolute Gasteiger partial charge is 0.469 e. The molecule has 0 saturated heterocycles. The molecule has 0 aliphatic rings. The Morgan fingerprint density at radius 2 is 1.22 bits per heavy atom. The van der Waals surface area contributed by atoms with Crippen molar-refractivity contribution in [1.82, 2.24) is 0 Å². The number of esters is 1. The lowest BCUT2D eigenvalue weighted by Gasteiger charge is -2.26. The molecule has 178 valence electrons. The van der Waals surface area contributed by atoms with E-state index >= 15 is 0 Å². The van der Waals surface area contributed by atoms with Crippen molar-refractivity contribution in [3.05, 3.63) is 126 Å². The van der Waals surface area contributed by atoms with Gasteiger partial charge in [-0.05, 0) is 76.5 Å². The minimum absolute atomic E-state index is 0.190. The van der Waals surface area contributed by atoms with E-state index in [9.17, 15) is 4.79 Å². The predicted molar refractivity (Wildman–Crippen MR) is 150 cm³/mol. The highest BCUT2D eigenvalue weighted by molar-refractivity contribution is 7.13. The van der Waals surface area contributed by atoms with E-state index in [0.717, 1.165) is 22.6 Å². The van der Waals surface area contributed by atoms with E-state index in [1.54, 1.807) is 11.3 Å². The molecule has 4 heteroatoms. The Kier molecular flexibility index (Phi) is 7.25. The predicted octanol–water partition coefficient (Wildman–Crippen LogP) is 8.66. The van der Waals surface area contributed by atoms with Crippen LogP contribution >= 0.6 is 11.3 Å². The second-order valence-corrected chi connectivity index (χ2v) is 9.46. The van der Waals surface area contributed by atoms with Crippen molar-refractivity contribution in [3.63, 3.8) is 0 Å². The van der Waals surface area contributed by atoms with Crippen molar-refractivity contribution in [2.24, 2.45) is 0 Å². The summed E-state index contributed by atoms with van der Waals surface area (Å²) in [6.45, 7) is 0. The number of nitrogens with zero attached hydrogens (tertiary/aromatic N) is 1. The van der Waals surface area contributed by atoms with E-state index < -0.39 is 0 Å². The number of rotatable bonds is 8. The number of carbonyl (C=O) groups is 1. The Morgan fingerprint density at radius 1 is 0.667 bits per heavy atom. The smallest absolute Gasteiger partial charge is 0.305 e. The van der Waals surface area contributed by atoms with Gasteiger partial charge in [-0.3, -0.25) is 4.79 Å². The van der Waals surface area contributed by atoms with Crippen LogP contribution < -0.4 is 4.90 Å². The standard InChI is InChI=1S/C32H27NO2S/c1-35-32(34)22-11-24-9-16-28(17-10-24)33(30-20-14-27(15-21-30)31-8-5-23-36-31)29-18-12-26(13-19-29)25-6-3-2-4-7-25/h2-10,12-21,23H,11,22H2,1H3. The number of carbonyl (C=O) groups excluding carboxylic acids is 1. The van der Waals surface area contributed by atoms with Gasteiger partial charge >= 0.3 is 5.97 Å². The van der Waals surface area contributed by atoms with Gasteiger partial charge < -0.3 is 9.64 Å². The van der Waals surface area contributed by atoms with E-state index in [0.29, 0.717) is 12.8 Å². The molecule has 0 bridgehead atoms. The van der Waals surface area contributed by atoms with Crippen molar-refractivity contribution in [2.75, 3.05) is 12.0 Å². The molecule has 0 spiro atoms. The zero-order chi connectivity index (χ0) is 24.7.